The van der Waals surface area contributed by atoms with Crippen LogP contribution in [0.25, 0.3) is 4.96 Å². The third-order valence-electron chi connectivity index (χ3n) is 4.05. The van der Waals surface area contributed by atoms with Crippen molar-refractivity contribution in [3.63, 3.8) is 0 Å². The van der Waals surface area contributed by atoms with E-state index in [1.807, 2.05) is 64.6 Å². The first-order valence-electron chi connectivity index (χ1n) is 8.84. The molecular weight excluding hydrogens is 374 g/mol. The molecular formula is C21H19N3O3S. The summed E-state index contributed by atoms with van der Waals surface area (Å²) in [6, 6.07) is 17.2. The van der Waals surface area contributed by atoms with E-state index in [2.05, 4.69) is 10.3 Å². The maximum Gasteiger partial charge on any atom is 0.258 e. The summed E-state index contributed by atoms with van der Waals surface area (Å²) in [5.41, 5.74) is 1.93. The van der Waals surface area contributed by atoms with Crippen molar-refractivity contribution in [3.8, 4) is 11.5 Å². The van der Waals surface area contributed by atoms with Crippen LogP contribution in [0.1, 0.15) is 11.3 Å². The first kappa shape index (κ1) is 18.1. The normalized spacial score (nSPS) is 10.7. The third kappa shape index (κ3) is 4.69. The lowest BCUT2D eigenvalue weighted by Crippen LogP contribution is -2.28. The number of nitrogens with one attached hydrogen (secondary N) is 1. The molecule has 4 rings (SSSR count). The van der Waals surface area contributed by atoms with Crippen LogP contribution in [0.5, 0.6) is 11.5 Å². The topological polar surface area (TPSA) is 64.9 Å². The molecule has 2 aromatic carbocycles. The van der Waals surface area contributed by atoms with Crippen LogP contribution in [0, 0.1) is 0 Å². The van der Waals surface area contributed by atoms with Crippen LogP contribution in [-0.4, -0.2) is 21.9 Å². The molecule has 0 radical (unpaired) electrons. The highest BCUT2D eigenvalue weighted by atomic mass is 32.1. The predicted molar refractivity (Wildman–Crippen MR) is 108 cm³/mol. The fraction of sp³-hybridized carbons (Fsp3) is 0.143. The second kappa shape index (κ2) is 8.58. The second-order valence-corrected chi connectivity index (χ2v) is 7.01. The molecule has 0 bridgehead atoms. The van der Waals surface area contributed by atoms with Gasteiger partial charge in [-0.25, -0.2) is 4.98 Å². The number of aromatic nitrogens is 2. The molecule has 6 nitrogen and oxygen atoms in total. The number of thiazole rings is 1. The van der Waals surface area contributed by atoms with Crippen LogP contribution in [0.4, 0.5) is 0 Å². The van der Waals surface area contributed by atoms with Crippen molar-refractivity contribution in [1.29, 1.82) is 0 Å². The Bertz CT molecular complexity index is 1010. The number of hydrogen-bond acceptors (Lipinski definition) is 5. The van der Waals surface area contributed by atoms with E-state index in [-0.39, 0.29) is 12.5 Å². The standard InChI is InChI=1S/C21H19N3O3S/c25-20(22-12-17-13-24-10-11-28-21(24)23-17)15-27-19-8-6-18(7-9-19)26-14-16-4-2-1-3-5-16/h1-11,13H,12,14-15H2,(H,22,25). The van der Waals surface area contributed by atoms with Crippen molar-refractivity contribution < 1.29 is 14.3 Å². The molecule has 0 saturated heterocycles. The quantitative estimate of drug-likeness (QED) is 0.496. The first-order chi connectivity index (χ1) is 13.8. The van der Waals surface area contributed by atoms with Crippen LogP contribution in [-0.2, 0) is 17.9 Å². The second-order valence-electron chi connectivity index (χ2n) is 6.14. The first-order valence-corrected chi connectivity index (χ1v) is 9.71. The van der Waals surface area contributed by atoms with Crippen molar-refractivity contribution >= 4 is 22.2 Å². The van der Waals surface area contributed by atoms with Gasteiger partial charge in [-0.2, -0.15) is 0 Å². The zero-order valence-electron chi connectivity index (χ0n) is 15.1. The van der Waals surface area contributed by atoms with Gasteiger partial charge in [0, 0.05) is 17.8 Å². The molecule has 0 aliphatic rings. The Morgan fingerprint density at radius 1 is 1.04 bits per heavy atom. The summed E-state index contributed by atoms with van der Waals surface area (Å²) in [4.78, 5) is 17.3. The van der Waals surface area contributed by atoms with Gasteiger partial charge >= 0.3 is 0 Å². The van der Waals surface area contributed by atoms with E-state index in [1.165, 1.54) is 0 Å². The Kier molecular flexibility index (Phi) is 5.53. The molecule has 0 atom stereocenters. The zero-order valence-corrected chi connectivity index (χ0v) is 15.9. The smallest absolute Gasteiger partial charge is 0.258 e. The maximum atomic E-state index is 12.0. The lowest BCUT2D eigenvalue weighted by molar-refractivity contribution is -0.123. The van der Waals surface area contributed by atoms with E-state index in [0.29, 0.717) is 18.9 Å². The van der Waals surface area contributed by atoms with E-state index < -0.39 is 0 Å². The zero-order chi connectivity index (χ0) is 19.2. The largest absolute Gasteiger partial charge is 0.489 e. The van der Waals surface area contributed by atoms with Gasteiger partial charge in [-0.05, 0) is 29.8 Å². The molecule has 142 valence electrons. The molecule has 28 heavy (non-hydrogen) atoms. The Hall–Kier alpha value is -3.32. The van der Waals surface area contributed by atoms with Crippen LogP contribution >= 0.6 is 11.3 Å². The molecule has 2 heterocycles. The summed E-state index contributed by atoms with van der Waals surface area (Å²) in [7, 11) is 0. The van der Waals surface area contributed by atoms with Crippen molar-refractivity contribution in [3.05, 3.63) is 83.6 Å². The van der Waals surface area contributed by atoms with Gasteiger partial charge in [-0.3, -0.25) is 9.20 Å². The van der Waals surface area contributed by atoms with Gasteiger partial charge in [0.15, 0.2) is 11.6 Å². The average molecular weight is 393 g/mol. The van der Waals surface area contributed by atoms with Crippen LogP contribution in [0.15, 0.2) is 72.4 Å². The number of fused-ring (bicyclic) bond motifs is 1. The minimum absolute atomic E-state index is 0.0492. The Morgan fingerprint density at radius 3 is 2.54 bits per heavy atom. The van der Waals surface area contributed by atoms with Gasteiger partial charge in [0.05, 0.1) is 12.2 Å². The van der Waals surface area contributed by atoms with Gasteiger partial charge in [0.1, 0.15) is 18.1 Å². The SMILES string of the molecule is O=C(COc1ccc(OCc2ccccc2)cc1)NCc1cn2ccsc2n1. The highest BCUT2D eigenvalue weighted by Gasteiger charge is 2.06. The van der Waals surface area contributed by atoms with Crippen molar-refractivity contribution in [2.75, 3.05) is 6.61 Å². The number of amides is 1. The van der Waals surface area contributed by atoms with E-state index in [4.69, 9.17) is 9.47 Å². The summed E-state index contributed by atoms with van der Waals surface area (Å²) in [6.07, 6.45) is 3.84. The molecule has 0 fully saturated rings. The maximum absolute atomic E-state index is 12.0. The highest BCUT2D eigenvalue weighted by molar-refractivity contribution is 7.15. The molecule has 2 aromatic heterocycles. The minimum atomic E-state index is -0.194. The fourth-order valence-corrected chi connectivity index (χ4v) is 3.34. The molecule has 7 heteroatoms. The lowest BCUT2D eigenvalue weighted by Gasteiger charge is -2.09. The molecule has 0 aliphatic carbocycles. The summed E-state index contributed by atoms with van der Waals surface area (Å²) in [5.74, 6) is 1.17. The minimum Gasteiger partial charge on any atom is -0.489 e. The molecule has 0 saturated carbocycles. The number of imidazole rings is 1. The van der Waals surface area contributed by atoms with Crippen LogP contribution < -0.4 is 14.8 Å². The number of carbonyl (C=O) groups excluding carboxylic acids is 1. The van der Waals surface area contributed by atoms with Crippen molar-refractivity contribution in [1.82, 2.24) is 14.7 Å². The summed E-state index contributed by atoms with van der Waals surface area (Å²) in [6.45, 7) is 0.838. The number of carbonyl (C=O) groups is 1. The monoisotopic (exact) mass is 393 g/mol. The predicted octanol–water partition coefficient (Wildman–Crippen LogP) is 3.67. The highest BCUT2D eigenvalue weighted by Crippen LogP contribution is 2.18. The van der Waals surface area contributed by atoms with Crippen LogP contribution in [0.2, 0.25) is 0 Å². The Morgan fingerprint density at radius 2 is 1.79 bits per heavy atom. The number of ether oxygens (including phenoxy) is 2. The lowest BCUT2D eigenvalue weighted by atomic mass is 10.2. The van der Waals surface area contributed by atoms with Gasteiger partial charge < -0.3 is 14.8 Å². The number of hydrogen-bond donors (Lipinski definition) is 1. The van der Waals surface area contributed by atoms with E-state index in [0.717, 1.165) is 22.0 Å². The molecule has 0 aliphatic heterocycles. The number of benzene rings is 2. The van der Waals surface area contributed by atoms with Gasteiger partial charge in [-0.1, -0.05) is 30.3 Å². The number of nitrogens with zero attached hydrogens (tertiary/aromatic N) is 2. The molecule has 1 N–H and O–H groups in total. The Balaban J connectivity index is 1.20. The molecule has 1 amide bonds. The molecule has 4 aromatic rings. The summed E-state index contributed by atoms with van der Waals surface area (Å²) >= 11 is 1.56. The average Bonchev–Trinajstić information content (AvgIpc) is 3.33. The fourth-order valence-electron chi connectivity index (χ4n) is 2.62. The summed E-state index contributed by atoms with van der Waals surface area (Å²) < 4.78 is 13.2. The van der Waals surface area contributed by atoms with E-state index >= 15 is 0 Å². The van der Waals surface area contributed by atoms with Gasteiger partial charge in [0.25, 0.3) is 5.91 Å². The number of rotatable bonds is 8. The van der Waals surface area contributed by atoms with Crippen LogP contribution in [0.3, 0.4) is 0 Å². The van der Waals surface area contributed by atoms with E-state index in [9.17, 15) is 4.79 Å². The Labute approximate surface area is 166 Å². The van der Waals surface area contributed by atoms with Crippen molar-refractivity contribution in [2.24, 2.45) is 0 Å². The van der Waals surface area contributed by atoms with E-state index in [1.54, 1.807) is 23.5 Å². The molecule has 0 unspecified atom stereocenters. The van der Waals surface area contributed by atoms with Gasteiger partial charge in [0.2, 0.25) is 0 Å². The van der Waals surface area contributed by atoms with Gasteiger partial charge in [-0.15, -0.1) is 11.3 Å². The van der Waals surface area contributed by atoms with Crippen molar-refractivity contribution in [2.45, 2.75) is 13.2 Å². The third-order valence-corrected chi connectivity index (χ3v) is 4.82. The molecule has 0 spiro atoms. The summed E-state index contributed by atoms with van der Waals surface area (Å²) in [5, 5.41) is 4.78.